The van der Waals surface area contributed by atoms with Crippen molar-refractivity contribution in [1.29, 1.82) is 0 Å². The predicted octanol–water partition coefficient (Wildman–Crippen LogP) is 4.15. The first-order valence-corrected chi connectivity index (χ1v) is 9.82. The highest BCUT2D eigenvalue weighted by Crippen LogP contribution is 2.16. The quantitative estimate of drug-likeness (QED) is 0.709. The first-order valence-electron chi connectivity index (χ1n) is 8.66. The molecule has 0 aliphatic heterocycles. The number of amides is 1. The van der Waals surface area contributed by atoms with Gasteiger partial charge in [-0.2, -0.15) is 0 Å². The number of carbonyl (C=O) groups is 2. The van der Waals surface area contributed by atoms with E-state index in [1.165, 1.54) is 24.4 Å². The van der Waals surface area contributed by atoms with E-state index in [2.05, 4.69) is 36.5 Å². The van der Waals surface area contributed by atoms with Crippen molar-refractivity contribution in [1.82, 2.24) is 5.32 Å². The Morgan fingerprint density at radius 1 is 1.12 bits per heavy atom. The van der Waals surface area contributed by atoms with Crippen LogP contribution < -0.4 is 5.32 Å². The third-order valence-corrected chi connectivity index (χ3v) is 5.12. The fourth-order valence-electron chi connectivity index (χ4n) is 2.58. The van der Waals surface area contributed by atoms with Crippen LogP contribution in [0.1, 0.15) is 46.9 Å². The maximum atomic E-state index is 12.2. The molecule has 0 aliphatic carbocycles. The molecule has 0 saturated heterocycles. The summed E-state index contributed by atoms with van der Waals surface area (Å²) in [7, 11) is 1.37. The van der Waals surface area contributed by atoms with Crippen LogP contribution >= 0.6 is 11.8 Å². The van der Waals surface area contributed by atoms with Gasteiger partial charge in [0.05, 0.1) is 24.5 Å². The molecule has 4 nitrogen and oxygen atoms in total. The van der Waals surface area contributed by atoms with Gasteiger partial charge in [0.2, 0.25) is 5.91 Å². The lowest BCUT2D eigenvalue weighted by Gasteiger charge is -2.14. The number of hydrogen-bond acceptors (Lipinski definition) is 4. The lowest BCUT2D eigenvalue weighted by molar-refractivity contribution is -0.119. The van der Waals surface area contributed by atoms with Crippen LogP contribution in [0.25, 0.3) is 0 Å². The average Bonchev–Trinajstić information content (AvgIpc) is 2.67. The van der Waals surface area contributed by atoms with Gasteiger partial charge in [-0.05, 0) is 42.2 Å². The number of thioether (sulfide) groups is 1. The summed E-state index contributed by atoms with van der Waals surface area (Å²) in [4.78, 5) is 23.7. The van der Waals surface area contributed by atoms with Crippen LogP contribution in [0.3, 0.4) is 0 Å². The minimum Gasteiger partial charge on any atom is -0.465 e. The average molecular weight is 372 g/mol. The van der Waals surface area contributed by atoms with Gasteiger partial charge in [-0.15, -0.1) is 11.8 Å². The Morgan fingerprint density at radius 2 is 1.85 bits per heavy atom. The van der Waals surface area contributed by atoms with Gasteiger partial charge in [0.15, 0.2) is 0 Å². The Kier molecular flexibility index (Phi) is 7.73. The Morgan fingerprint density at radius 3 is 2.50 bits per heavy atom. The number of ether oxygens (including phenoxy) is 1. The molecule has 1 atom stereocenters. The van der Waals surface area contributed by atoms with Gasteiger partial charge in [-0.1, -0.05) is 43.3 Å². The van der Waals surface area contributed by atoms with Gasteiger partial charge in [0.25, 0.3) is 0 Å². The molecule has 0 heterocycles. The molecule has 26 heavy (non-hydrogen) atoms. The minimum atomic E-state index is -0.350. The number of hydrogen-bond donors (Lipinski definition) is 1. The fraction of sp³-hybridized carbons (Fsp3) is 0.333. The summed E-state index contributed by atoms with van der Waals surface area (Å²) in [6.45, 7) is 4.11. The SMILES string of the molecule is CCc1ccc([C@@H](C)NC(=O)CSCc2cccc(C(=O)OC)c2)cc1. The van der Waals surface area contributed by atoms with Crippen LogP contribution in [0.2, 0.25) is 0 Å². The lowest BCUT2D eigenvalue weighted by Crippen LogP contribution is -2.28. The highest BCUT2D eigenvalue weighted by atomic mass is 32.2. The van der Waals surface area contributed by atoms with Gasteiger partial charge >= 0.3 is 5.97 Å². The minimum absolute atomic E-state index is 0.00573. The van der Waals surface area contributed by atoms with E-state index in [9.17, 15) is 9.59 Å². The summed E-state index contributed by atoms with van der Waals surface area (Å²) in [5.41, 5.74) is 3.91. The second-order valence-electron chi connectivity index (χ2n) is 6.07. The van der Waals surface area contributed by atoms with Crippen molar-refractivity contribution < 1.29 is 14.3 Å². The molecule has 1 N–H and O–H groups in total. The number of nitrogens with one attached hydrogen (secondary N) is 1. The summed E-state index contributed by atoms with van der Waals surface area (Å²) >= 11 is 1.52. The summed E-state index contributed by atoms with van der Waals surface area (Å²) in [6, 6.07) is 15.6. The van der Waals surface area contributed by atoms with Gasteiger partial charge in [-0.3, -0.25) is 4.79 Å². The van der Waals surface area contributed by atoms with E-state index < -0.39 is 0 Å². The number of esters is 1. The molecule has 0 aromatic heterocycles. The standard InChI is InChI=1S/C21H25NO3S/c1-4-16-8-10-18(11-9-16)15(2)22-20(23)14-26-13-17-6-5-7-19(12-17)21(24)25-3/h5-12,15H,4,13-14H2,1-3H3,(H,22,23)/t15-/m1/s1. The van der Waals surface area contributed by atoms with E-state index in [0.29, 0.717) is 17.1 Å². The number of benzene rings is 2. The van der Waals surface area contributed by atoms with Gasteiger partial charge in [0, 0.05) is 5.75 Å². The van der Waals surface area contributed by atoms with Crippen LogP contribution in [0.4, 0.5) is 0 Å². The molecule has 2 rings (SSSR count). The largest absolute Gasteiger partial charge is 0.465 e. The molecule has 0 spiro atoms. The molecule has 2 aromatic rings. The Balaban J connectivity index is 1.80. The maximum absolute atomic E-state index is 12.2. The summed E-state index contributed by atoms with van der Waals surface area (Å²) in [5.74, 6) is 0.696. The maximum Gasteiger partial charge on any atom is 0.337 e. The van der Waals surface area contributed by atoms with Crippen molar-refractivity contribution in [3.8, 4) is 0 Å². The second kappa shape index (κ2) is 10.0. The third kappa shape index (κ3) is 5.92. The molecule has 0 saturated carbocycles. The molecule has 5 heteroatoms. The summed E-state index contributed by atoms with van der Waals surface area (Å²) < 4.78 is 4.72. The van der Waals surface area contributed by atoms with Crippen LogP contribution in [0.15, 0.2) is 48.5 Å². The molecule has 138 valence electrons. The summed E-state index contributed by atoms with van der Waals surface area (Å²) in [6.07, 6.45) is 1.01. The molecule has 0 fully saturated rings. The Bertz CT molecular complexity index is 743. The highest BCUT2D eigenvalue weighted by molar-refractivity contribution is 7.99. The zero-order valence-corrected chi connectivity index (χ0v) is 16.3. The zero-order valence-electron chi connectivity index (χ0n) is 15.5. The van der Waals surface area contributed by atoms with Crippen molar-refractivity contribution in [3.05, 3.63) is 70.8 Å². The Hall–Kier alpha value is -2.27. The van der Waals surface area contributed by atoms with Crippen molar-refractivity contribution in [2.45, 2.75) is 32.1 Å². The fourth-order valence-corrected chi connectivity index (χ4v) is 3.36. The van der Waals surface area contributed by atoms with E-state index in [0.717, 1.165) is 17.5 Å². The highest BCUT2D eigenvalue weighted by Gasteiger charge is 2.10. The molecule has 1 amide bonds. The number of methoxy groups -OCH3 is 1. The molecule has 0 unspecified atom stereocenters. The van der Waals surface area contributed by atoms with Gasteiger partial charge < -0.3 is 10.1 Å². The van der Waals surface area contributed by atoms with E-state index in [1.54, 1.807) is 12.1 Å². The van der Waals surface area contributed by atoms with Crippen LogP contribution in [-0.4, -0.2) is 24.7 Å². The van der Waals surface area contributed by atoms with E-state index in [4.69, 9.17) is 4.74 Å². The number of carbonyl (C=O) groups excluding carboxylic acids is 2. The topological polar surface area (TPSA) is 55.4 Å². The summed E-state index contributed by atoms with van der Waals surface area (Å²) in [5, 5.41) is 3.02. The lowest BCUT2D eigenvalue weighted by atomic mass is 10.1. The van der Waals surface area contributed by atoms with E-state index in [-0.39, 0.29) is 17.9 Å². The predicted molar refractivity (Wildman–Crippen MR) is 106 cm³/mol. The number of aryl methyl sites for hydroxylation is 1. The first kappa shape index (κ1) is 20.0. The Labute approximate surface area is 159 Å². The van der Waals surface area contributed by atoms with E-state index >= 15 is 0 Å². The molecule has 0 aliphatic rings. The van der Waals surface area contributed by atoms with Crippen molar-refractivity contribution in [2.75, 3.05) is 12.9 Å². The van der Waals surface area contributed by atoms with Gasteiger partial charge in [0.1, 0.15) is 0 Å². The third-order valence-electron chi connectivity index (χ3n) is 4.12. The van der Waals surface area contributed by atoms with Crippen molar-refractivity contribution >= 4 is 23.6 Å². The molecular weight excluding hydrogens is 346 g/mol. The van der Waals surface area contributed by atoms with Gasteiger partial charge in [-0.25, -0.2) is 4.79 Å². The monoisotopic (exact) mass is 371 g/mol. The van der Waals surface area contributed by atoms with E-state index in [1.807, 2.05) is 19.1 Å². The molecule has 0 radical (unpaired) electrons. The van der Waals surface area contributed by atoms with Crippen molar-refractivity contribution in [2.24, 2.45) is 0 Å². The zero-order chi connectivity index (χ0) is 18.9. The second-order valence-corrected chi connectivity index (χ2v) is 7.05. The van der Waals surface area contributed by atoms with Crippen LogP contribution in [-0.2, 0) is 21.7 Å². The molecular formula is C21H25NO3S. The molecule has 0 bridgehead atoms. The molecule has 2 aromatic carbocycles. The smallest absolute Gasteiger partial charge is 0.337 e. The van der Waals surface area contributed by atoms with Crippen LogP contribution in [0, 0.1) is 0 Å². The van der Waals surface area contributed by atoms with Crippen molar-refractivity contribution in [3.63, 3.8) is 0 Å². The number of rotatable bonds is 8. The first-order chi connectivity index (χ1) is 12.5. The normalized spacial score (nSPS) is 11.7. The van der Waals surface area contributed by atoms with Crippen LogP contribution in [0.5, 0.6) is 0 Å².